The van der Waals surface area contributed by atoms with E-state index in [1.807, 2.05) is 30.5 Å². The lowest BCUT2D eigenvalue weighted by atomic mass is 10.1. The standard InChI is InChI=1S/C13H13BrN2S/c14-12-5-6-13(16-8-12)17-9-11-4-2-1-3-10(11)7-15/h1-6,8H,7,9,15H2. The lowest BCUT2D eigenvalue weighted by molar-refractivity contribution is 1.04. The van der Waals surface area contributed by atoms with Gasteiger partial charge in [0.2, 0.25) is 0 Å². The molecule has 4 heteroatoms. The van der Waals surface area contributed by atoms with E-state index in [9.17, 15) is 0 Å². The van der Waals surface area contributed by atoms with Gasteiger partial charge in [-0.15, -0.1) is 11.8 Å². The monoisotopic (exact) mass is 308 g/mol. The lowest BCUT2D eigenvalue weighted by Crippen LogP contribution is -2.00. The van der Waals surface area contributed by atoms with Gasteiger partial charge >= 0.3 is 0 Å². The number of benzene rings is 1. The highest BCUT2D eigenvalue weighted by molar-refractivity contribution is 9.10. The molecule has 0 bridgehead atoms. The van der Waals surface area contributed by atoms with Crippen LogP contribution in [-0.4, -0.2) is 4.98 Å². The molecule has 1 heterocycles. The number of nitrogens with zero attached hydrogens (tertiary/aromatic N) is 1. The second-order valence-electron chi connectivity index (χ2n) is 3.58. The molecule has 88 valence electrons. The average Bonchev–Trinajstić information content (AvgIpc) is 2.38. The van der Waals surface area contributed by atoms with Gasteiger partial charge in [0.15, 0.2) is 0 Å². The molecule has 0 radical (unpaired) electrons. The number of hydrogen-bond donors (Lipinski definition) is 1. The minimum Gasteiger partial charge on any atom is -0.326 e. The summed E-state index contributed by atoms with van der Waals surface area (Å²) in [4.78, 5) is 4.33. The van der Waals surface area contributed by atoms with Gasteiger partial charge in [0, 0.05) is 23.0 Å². The first kappa shape index (κ1) is 12.6. The second-order valence-corrected chi connectivity index (χ2v) is 5.49. The highest BCUT2D eigenvalue weighted by Gasteiger charge is 2.01. The minimum absolute atomic E-state index is 0.588. The fourth-order valence-electron chi connectivity index (χ4n) is 1.50. The zero-order valence-electron chi connectivity index (χ0n) is 9.27. The van der Waals surface area contributed by atoms with E-state index < -0.39 is 0 Å². The topological polar surface area (TPSA) is 38.9 Å². The molecule has 0 spiro atoms. The molecule has 0 atom stereocenters. The van der Waals surface area contributed by atoms with E-state index in [4.69, 9.17) is 5.73 Å². The summed E-state index contributed by atoms with van der Waals surface area (Å²) in [5.41, 5.74) is 8.20. The summed E-state index contributed by atoms with van der Waals surface area (Å²) < 4.78 is 1.00. The lowest BCUT2D eigenvalue weighted by Gasteiger charge is -2.06. The maximum atomic E-state index is 5.71. The molecule has 2 N–H and O–H groups in total. The number of nitrogens with two attached hydrogens (primary N) is 1. The Morgan fingerprint density at radius 2 is 1.88 bits per heavy atom. The molecule has 17 heavy (non-hydrogen) atoms. The fraction of sp³-hybridized carbons (Fsp3) is 0.154. The Morgan fingerprint density at radius 3 is 2.53 bits per heavy atom. The van der Waals surface area contributed by atoms with Crippen LogP contribution in [0.15, 0.2) is 52.1 Å². The summed E-state index contributed by atoms with van der Waals surface area (Å²) in [6, 6.07) is 12.3. The van der Waals surface area contributed by atoms with Gasteiger partial charge in [-0.2, -0.15) is 0 Å². The van der Waals surface area contributed by atoms with E-state index in [0.717, 1.165) is 15.3 Å². The fourth-order valence-corrected chi connectivity index (χ4v) is 2.61. The molecule has 2 rings (SSSR count). The van der Waals surface area contributed by atoms with Crippen LogP contribution < -0.4 is 5.73 Å². The summed E-state index contributed by atoms with van der Waals surface area (Å²) in [7, 11) is 0. The van der Waals surface area contributed by atoms with Gasteiger partial charge in [0.1, 0.15) is 0 Å². The Labute approximate surface area is 114 Å². The van der Waals surface area contributed by atoms with E-state index in [0.29, 0.717) is 6.54 Å². The Balaban J connectivity index is 2.04. The second kappa shape index (κ2) is 6.19. The maximum Gasteiger partial charge on any atom is 0.0963 e. The van der Waals surface area contributed by atoms with Crippen molar-refractivity contribution in [3.05, 3.63) is 58.2 Å². The molecule has 2 nitrogen and oxygen atoms in total. The normalized spacial score (nSPS) is 10.5. The van der Waals surface area contributed by atoms with Crippen molar-refractivity contribution in [2.75, 3.05) is 0 Å². The highest BCUT2D eigenvalue weighted by atomic mass is 79.9. The molecular formula is C13H13BrN2S. The molecule has 0 amide bonds. The Morgan fingerprint density at radius 1 is 1.12 bits per heavy atom. The summed E-state index contributed by atoms with van der Waals surface area (Å²) >= 11 is 5.10. The van der Waals surface area contributed by atoms with Crippen molar-refractivity contribution < 1.29 is 0 Å². The van der Waals surface area contributed by atoms with Gasteiger partial charge in [0.05, 0.1) is 5.03 Å². The molecule has 0 saturated carbocycles. The largest absolute Gasteiger partial charge is 0.326 e. The number of pyridine rings is 1. The Hall–Kier alpha value is -0.840. The van der Waals surface area contributed by atoms with Crippen molar-refractivity contribution in [1.82, 2.24) is 4.98 Å². The van der Waals surface area contributed by atoms with Gasteiger partial charge in [-0.3, -0.25) is 0 Å². The van der Waals surface area contributed by atoms with Crippen LogP contribution in [0, 0.1) is 0 Å². The maximum absolute atomic E-state index is 5.71. The molecule has 0 fully saturated rings. The van der Waals surface area contributed by atoms with Gasteiger partial charge in [-0.05, 0) is 39.2 Å². The van der Waals surface area contributed by atoms with Crippen molar-refractivity contribution in [3.8, 4) is 0 Å². The minimum atomic E-state index is 0.588. The van der Waals surface area contributed by atoms with Crippen LogP contribution >= 0.6 is 27.7 Å². The van der Waals surface area contributed by atoms with Gasteiger partial charge < -0.3 is 5.73 Å². The van der Waals surface area contributed by atoms with Gasteiger partial charge in [0.25, 0.3) is 0 Å². The third-order valence-corrected chi connectivity index (χ3v) is 3.88. The quantitative estimate of drug-likeness (QED) is 0.877. The SMILES string of the molecule is NCc1ccccc1CSc1ccc(Br)cn1. The molecule has 0 aliphatic rings. The van der Waals surface area contributed by atoms with Crippen LogP contribution in [0.3, 0.4) is 0 Å². The predicted octanol–water partition coefficient (Wildman–Crippen LogP) is 3.60. The first-order valence-electron chi connectivity index (χ1n) is 5.31. The zero-order valence-corrected chi connectivity index (χ0v) is 11.7. The Kier molecular flexibility index (Phi) is 4.59. The van der Waals surface area contributed by atoms with E-state index >= 15 is 0 Å². The number of thioether (sulfide) groups is 1. The van der Waals surface area contributed by atoms with E-state index in [1.165, 1.54) is 11.1 Å². The van der Waals surface area contributed by atoms with Gasteiger partial charge in [-0.25, -0.2) is 4.98 Å². The number of rotatable bonds is 4. The van der Waals surface area contributed by atoms with Crippen LogP contribution in [0.1, 0.15) is 11.1 Å². The summed E-state index contributed by atoms with van der Waals surface area (Å²) in [6.45, 7) is 0.588. The number of halogens is 1. The first-order chi connectivity index (χ1) is 8.29. The van der Waals surface area contributed by atoms with Crippen LogP contribution in [-0.2, 0) is 12.3 Å². The molecule has 0 unspecified atom stereocenters. The molecule has 2 aromatic rings. The summed E-state index contributed by atoms with van der Waals surface area (Å²) in [5, 5.41) is 1.03. The first-order valence-corrected chi connectivity index (χ1v) is 7.08. The number of aromatic nitrogens is 1. The van der Waals surface area contributed by atoms with Gasteiger partial charge in [-0.1, -0.05) is 24.3 Å². The molecule has 0 aliphatic carbocycles. The van der Waals surface area contributed by atoms with Crippen LogP contribution in [0.25, 0.3) is 0 Å². The molecular weight excluding hydrogens is 296 g/mol. The van der Waals surface area contributed by atoms with E-state index in [1.54, 1.807) is 11.8 Å². The Bertz CT molecular complexity index is 485. The highest BCUT2D eigenvalue weighted by Crippen LogP contribution is 2.23. The van der Waals surface area contributed by atoms with Crippen LogP contribution in [0.4, 0.5) is 0 Å². The van der Waals surface area contributed by atoms with E-state index in [2.05, 4.69) is 33.0 Å². The van der Waals surface area contributed by atoms with E-state index in [-0.39, 0.29) is 0 Å². The van der Waals surface area contributed by atoms with Crippen LogP contribution in [0.2, 0.25) is 0 Å². The third kappa shape index (κ3) is 3.56. The van der Waals surface area contributed by atoms with Crippen molar-refractivity contribution >= 4 is 27.7 Å². The summed E-state index contributed by atoms with van der Waals surface area (Å²) in [6.07, 6.45) is 1.82. The van der Waals surface area contributed by atoms with Crippen LogP contribution in [0.5, 0.6) is 0 Å². The molecule has 1 aromatic heterocycles. The average molecular weight is 309 g/mol. The number of hydrogen-bond acceptors (Lipinski definition) is 3. The molecule has 1 aromatic carbocycles. The summed E-state index contributed by atoms with van der Waals surface area (Å²) in [5.74, 6) is 0.905. The zero-order chi connectivity index (χ0) is 12.1. The third-order valence-electron chi connectivity index (χ3n) is 2.41. The van der Waals surface area contributed by atoms with Crippen molar-refractivity contribution in [1.29, 1.82) is 0 Å². The van der Waals surface area contributed by atoms with Crippen molar-refractivity contribution in [3.63, 3.8) is 0 Å². The predicted molar refractivity (Wildman–Crippen MR) is 75.8 cm³/mol. The molecule has 0 saturated heterocycles. The van der Waals surface area contributed by atoms with Crippen molar-refractivity contribution in [2.45, 2.75) is 17.3 Å². The van der Waals surface area contributed by atoms with Crippen molar-refractivity contribution in [2.24, 2.45) is 5.73 Å². The molecule has 0 aliphatic heterocycles. The smallest absolute Gasteiger partial charge is 0.0963 e.